The number of para-hydroxylation sites is 1. The molecule has 0 aliphatic carbocycles. The maximum absolute atomic E-state index is 12.4. The summed E-state index contributed by atoms with van der Waals surface area (Å²) >= 11 is 5.63. The van der Waals surface area contributed by atoms with Gasteiger partial charge >= 0.3 is 18.3 Å². The van der Waals surface area contributed by atoms with Gasteiger partial charge in [-0.05, 0) is 51.6 Å². The molecule has 2 aromatic rings. The predicted octanol–water partition coefficient (Wildman–Crippen LogP) is 0.796. The van der Waals surface area contributed by atoms with Crippen molar-refractivity contribution in [2.45, 2.75) is 63.9 Å². The van der Waals surface area contributed by atoms with Crippen molar-refractivity contribution >= 4 is 24.4 Å². The number of H-pyrrole nitrogens is 1. The maximum atomic E-state index is 12.4. The molecule has 1 aromatic carbocycles. The maximum Gasteiger partial charge on any atom is 0.330 e. The Bertz CT molecular complexity index is 1220. The molecule has 4 N–H and O–H groups in total. The lowest BCUT2D eigenvalue weighted by Gasteiger charge is -2.28. The molecule has 1 aromatic heterocycles. The molecule has 1 aliphatic rings. The van der Waals surface area contributed by atoms with E-state index in [0.29, 0.717) is 5.75 Å². The zero-order valence-corrected chi connectivity index (χ0v) is 21.9. The average Bonchev–Trinajstić information content (AvgIpc) is 3.01. The summed E-state index contributed by atoms with van der Waals surface area (Å²) in [6.45, 7) is 2.49. The van der Waals surface area contributed by atoms with Crippen molar-refractivity contribution in [1.82, 2.24) is 14.6 Å². The van der Waals surface area contributed by atoms with E-state index in [4.69, 9.17) is 30.3 Å². The first-order valence-corrected chi connectivity index (χ1v) is 13.8. The number of esters is 1. The van der Waals surface area contributed by atoms with Crippen LogP contribution in [-0.4, -0.2) is 62.3 Å². The summed E-state index contributed by atoms with van der Waals surface area (Å²) in [5.74, 6) is -0.174. The van der Waals surface area contributed by atoms with E-state index >= 15 is 0 Å². The molecule has 0 amide bonds. The van der Waals surface area contributed by atoms with E-state index in [1.54, 1.807) is 51.1 Å². The van der Waals surface area contributed by atoms with E-state index in [2.05, 4.69) is 10.1 Å². The fourth-order valence-electron chi connectivity index (χ4n) is 3.50. The van der Waals surface area contributed by atoms with E-state index in [1.165, 1.54) is 6.92 Å². The highest BCUT2D eigenvalue weighted by Gasteiger charge is 2.53. The Hall–Kier alpha value is -2.38. The Morgan fingerprint density at radius 1 is 1.28 bits per heavy atom. The van der Waals surface area contributed by atoms with Crippen LogP contribution in [0.15, 0.2) is 52.2 Å². The molecule has 2 heterocycles. The third-order valence-corrected chi connectivity index (χ3v) is 7.79. The lowest BCUT2D eigenvalue weighted by Crippen LogP contribution is -2.47. The Kier molecular flexibility index (Phi) is 8.88. The van der Waals surface area contributed by atoms with Gasteiger partial charge in [0.2, 0.25) is 0 Å². The van der Waals surface area contributed by atoms with Crippen LogP contribution < -0.4 is 20.9 Å². The van der Waals surface area contributed by atoms with Crippen molar-refractivity contribution in [3.05, 3.63) is 63.4 Å². The van der Waals surface area contributed by atoms with Crippen LogP contribution in [-0.2, 0) is 30.6 Å². The fourth-order valence-corrected chi connectivity index (χ4v) is 5.91. The number of hydrogen-bond acceptors (Lipinski definition) is 10. The molecule has 1 saturated heterocycles. The Balaban J connectivity index is 1.80. The van der Waals surface area contributed by atoms with Gasteiger partial charge in [0.1, 0.15) is 29.6 Å². The molecule has 14 heteroatoms. The first kappa shape index (κ1) is 28.2. The minimum absolute atomic E-state index is 0.340. The van der Waals surface area contributed by atoms with E-state index < -0.39 is 53.9 Å². The summed E-state index contributed by atoms with van der Waals surface area (Å²) in [4.78, 5) is 38.1. The first-order chi connectivity index (χ1) is 16.8. The van der Waals surface area contributed by atoms with Crippen LogP contribution in [0, 0.1) is 0 Å². The number of nitrogens with zero attached hydrogens (tertiary/aromatic N) is 1. The second-order valence-electron chi connectivity index (χ2n) is 8.75. The minimum Gasteiger partial charge on any atom is -0.462 e. The van der Waals surface area contributed by atoms with Crippen LogP contribution in [0.3, 0.4) is 0 Å². The van der Waals surface area contributed by atoms with E-state index in [1.807, 2.05) is 0 Å². The highest BCUT2D eigenvalue weighted by molar-refractivity contribution is 8.09. The van der Waals surface area contributed by atoms with Crippen molar-refractivity contribution < 1.29 is 33.5 Å². The second kappa shape index (κ2) is 11.3. The normalized spacial score (nSPS) is 26.4. The zero-order valence-electron chi connectivity index (χ0n) is 20.2. The van der Waals surface area contributed by atoms with Crippen molar-refractivity contribution in [2.75, 3.05) is 6.61 Å². The Morgan fingerprint density at radius 2 is 1.94 bits per heavy atom. The number of aliphatic hydroxyl groups excluding tert-OH is 1. The summed E-state index contributed by atoms with van der Waals surface area (Å²) in [5, 5.41) is 24.5. The lowest BCUT2D eigenvalue weighted by atomic mass is 9.96. The number of carbonyl (C=O) groups excluding carboxylic acids is 1. The molecule has 1 fully saturated rings. The number of hydrogen-bond donors (Lipinski definition) is 4. The third-order valence-electron chi connectivity index (χ3n) is 5.29. The molecule has 6 atom stereocenters. The molecule has 0 bridgehead atoms. The van der Waals surface area contributed by atoms with Crippen LogP contribution in [0.4, 0.5) is 0 Å². The molecule has 36 heavy (non-hydrogen) atoms. The van der Waals surface area contributed by atoms with Crippen LogP contribution in [0.25, 0.3) is 0 Å². The highest BCUT2D eigenvalue weighted by Crippen LogP contribution is 2.47. The molecule has 12 nitrogen and oxygen atoms in total. The molecular weight excluding hydrogens is 513 g/mol. The van der Waals surface area contributed by atoms with E-state index in [-0.39, 0.29) is 12.7 Å². The number of rotatable bonds is 10. The van der Waals surface area contributed by atoms with Crippen LogP contribution >= 0.6 is 6.64 Å². The molecule has 0 saturated carbocycles. The fraction of sp³-hybridized carbons (Fsp3) is 0.500. The van der Waals surface area contributed by atoms with Gasteiger partial charge in [-0.1, -0.05) is 18.2 Å². The van der Waals surface area contributed by atoms with Gasteiger partial charge < -0.3 is 28.7 Å². The summed E-state index contributed by atoms with van der Waals surface area (Å²) in [6, 6.07) is 8.79. The van der Waals surface area contributed by atoms with Gasteiger partial charge in [0.05, 0.1) is 12.7 Å². The van der Waals surface area contributed by atoms with Crippen LogP contribution in [0.2, 0.25) is 0 Å². The predicted molar refractivity (Wildman–Crippen MR) is 133 cm³/mol. The molecular formula is C22H30N3O9PS. The highest BCUT2D eigenvalue weighted by atomic mass is 32.5. The zero-order chi connectivity index (χ0) is 26.7. The monoisotopic (exact) mass is 543 g/mol. The summed E-state index contributed by atoms with van der Waals surface area (Å²) in [5.41, 5.74) is -3.36. The number of aromatic amines is 1. The van der Waals surface area contributed by atoms with Crippen LogP contribution in [0.5, 0.6) is 5.75 Å². The third kappa shape index (κ3) is 6.68. The number of ether oxygens (including phenoxy) is 2. The second-order valence-corrected chi connectivity index (χ2v) is 11.9. The van der Waals surface area contributed by atoms with Gasteiger partial charge in [-0.25, -0.2) is 9.88 Å². The Labute approximate surface area is 212 Å². The molecule has 1 aliphatic heterocycles. The number of benzene rings is 1. The lowest BCUT2D eigenvalue weighted by molar-refractivity contribution is -0.149. The van der Waals surface area contributed by atoms with E-state index in [9.17, 15) is 24.6 Å². The van der Waals surface area contributed by atoms with Gasteiger partial charge in [-0.2, -0.15) is 0 Å². The SMILES string of the molecule is CC(C)OC(=O)C(C)NP(=S)(OC[C@H]1O[C@@H](n2ccc(=O)[nH]c2=O)[C@](C)(O)[C@@H]1O)Oc1ccccc1. The van der Waals surface area contributed by atoms with Crippen LogP contribution in [0.1, 0.15) is 33.9 Å². The summed E-state index contributed by atoms with van der Waals surface area (Å²) in [7, 11) is 0. The smallest absolute Gasteiger partial charge is 0.330 e. The summed E-state index contributed by atoms with van der Waals surface area (Å²) in [6.07, 6.45) is -3.14. The van der Waals surface area contributed by atoms with Crippen molar-refractivity contribution in [3.63, 3.8) is 0 Å². The van der Waals surface area contributed by atoms with Crippen molar-refractivity contribution in [3.8, 4) is 5.75 Å². The van der Waals surface area contributed by atoms with Gasteiger partial charge in [0.15, 0.2) is 6.23 Å². The molecule has 2 unspecified atom stereocenters. The molecule has 198 valence electrons. The number of carbonyl (C=O) groups is 1. The Morgan fingerprint density at radius 3 is 2.56 bits per heavy atom. The quantitative estimate of drug-likeness (QED) is 0.248. The van der Waals surface area contributed by atoms with Gasteiger partial charge in [0, 0.05) is 12.3 Å². The number of aromatic nitrogens is 2. The summed E-state index contributed by atoms with van der Waals surface area (Å²) < 4.78 is 23.7. The van der Waals surface area contributed by atoms with Crippen molar-refractivity contribution in [1.29, 1.82) is 0 Å². The van der Waals surface area contributed by atoms with Crippen molar-refractivity contribution in [2.24, 2.45) is 0 Å². The standard InChI is InChI=1S/C22H30N3O9PS/c1-13(2)32-19(28)14(3)24-35(36,34-15-8-6-5-7-9-15)31-12-16-18(27)22(4,30)20(33-16)25-11-10-17(26)23-21(25)29/h5-11,13-14,16,18,20,27,30H,12H2,1-4H3,(H,24,36)(H,23,26,29)/t14?,16-,18-,20-,22-,35?/m1/s1. The van der Waals surface area contributed by atoms with Gasteiger partial charge in [-0.15, -0.1) is 0 Å². The van der Waals surface area contributed by atoms with E-state index in [0.717, 1.165) is 16.8 Å². The topological polar surface area (TPSA) is 161 Å². The largest absolute Gasteiger partial charge is 0.462 e. The molecule has 0 spiro atoms. The number of nitrogens with one attached hydrogen (secondary N) is 2. The van der Waals surface area contributed by atoms with Gasteiger partial charge in [-0.3, -0.25) is 19.1 Å². The minimum atomic E-state index is -3.43. The first-order valence-electron chi connectivity index (χ1n) is 11.2. The number of aliphatic hydroxyl groups is 2. The molecule has 0 radical (unpaired) electrons. The van der Waals surface area contributed by atoms with Gasteiger partial charge in [0.25, 0.3) is 5.56 Å². The molecule has 3 rings (SSSR count). The average molecular weight is 544 g/mol.